The molecule has 3 rings (SSSR count). The van der Waals surface area contributed by atoms with Crippen molar-refractivity contribution in [3.8, 4) is 0 Å². The van der Waals surface area contributed by atoms with Crippen LogP contribution in [0.25, 0.3) is 0 Å². The number of carbonyl (C=O) groups excluding carboxylic acids is 1. The fourth-order valence-corrected chi connectivity index (χ4v) is 3.52. The molecular weight excluding hydrogens is 238 g/mol. The van der Waals surface area contributed by atoms with Crippen LogP contribution in [0.3, 0.4) is 0 Å². The van der Waals surface area contributed by atoms with Crippen molar-refractivity contribution >= 4 is 11.6 Å². The first-order valence-electron chi connectivity index (χ1n) is 7.39. The van der Waals surface area contributed by atoms with Crippen LogP contribution in [0.15, 0.2) is 18.2 Å². The molecule has 0 aromatic heterocycles. The minimum atomic E-state index is -0.182. The Morgan fingerprint density at radius 3 is 2.68 bits per heavy atom. The lowest BCUT2D eigenvalue weighted by atomic mass is 9.83. The summed E-state index contributed by atoms with van der Waals surface area (Å²) in [7, 11) is 0. The Labute approximate surface area is 114 Å². The van der Waals surface area contributed by atoms with Gasteiger partial charge in [0.15, 0.2) is 0 Å². The van der Waals surface area contributed by atoms with Crippen molar-refractivity contribution in [1.82, 2.24) is 0 Å². The van der Waals surface area contributed by atoms with Gasteiger partial charge in [-0.15, -0.1) is 0 Å². The van der Waals surface area contributed by atoms with Crippen LogP contribution >= 0.6 is 0 Å². The second-order valence-corrected chi connectivity index (χ2v) is 5.76. The van der Waals surface area contributed by atoms with Crippen molar-refractivity contribution in [2.24, 2.45) is 0 Å². The number of amides is 1. The number of carbonyl (C=O) groups is 1. The second-order valence-electron chi connectivity index (χ2n) is 5.76. The molecule has 1 N–H and O–H groups in total. The van der Waals surface area contributed by atoms with E-state index >= 15 is 0 Å². The minimum Gasteiger partial charge on any atom is -0.281 e. The van der Waals surface area contributed by atoms with E-state index in [1.165, 1.54) is 37.7 Å². The summed E-state index contributed by atoms with van der Waals surface area (Å²) in [6.45, 7) is 1.99. The SMILES string of the molecule is CCC1C(=O)N(O)c2cc(C3CCCCC3)ccc21. The second kappa shape index (κ2) is 4.97. The fraction of sp³-hybridized carbons (Fsp3) is 0.562. The van der Waals surface area contributed by atoms with Gasteiger partial charge in [0, 0.05) is 0 Å². The van der Waals surface area contributed by atoms with Gasteiger partial charge in [-0.05, 0) is 42.4 Å². The lowest BCUT2D eigenvalue weighted by Gasteiger charge is -2.22. The Morgan fingerprint density at radius 2 is 2.00 bits per heavy atom. The predicted molar refractivity (Wildman–Crippen MR) is 74.6 cm³/mol. The van der Waals surface area contributed by atoms with Gasteiger partial charge in [0.05, 0.1) is 11.6 Å². The highest BCUT2D eigenvalue weighted by atomic mass is 16.5. The molecule has 1 amide bonds. The fourth-order valence-electron chi connectivity index (χ4n) is 3.52. The molecule has 3 nitrogen and oxygen atoms in total. The van der Waals surface area contributed by atoms with Crippen molar-refractivity contribution in [3.63, 3.8) is 0 Å². The Hall–Kier alpha value is -1.35. The first-order chi connectivity index (χ1) is 9.22. The van der Waals surface area contributed by atoms with E-state index in [-0.39, 0.29) is 11.8 Å². The van der Waals surface area contributed by atoms with Crippen molar-refractivity contribution < 1.29 is 10.0 Å². The van der Waals surface area contributed by atoms with E-state index in [9.17, 15) is 10.0 Å². The standard InChI is InChI=1S/C16H21NO2/c1-2-13-14-9-8-12(11-6-4-3-5-7-11)10-15(14)17(19)16(13)18/h8-11,13,19H,2-7H2,1H3. The number of nitrogens with zero attached hydrogens (tertiary/aromatic N) is 1. The smallest absolute Gasteiger partial charge is 0.258 e. The maximum atomic E-state index is 12.0. The van der Waals surface area contributed by atoms with E-state index in [1.54, 1.807) is 0 Å². The first-order valence-corrected chi connectivity index (χ1v) is 7.39. The topological polar surface area (TPSA) is 40.5 Å². The van der Waals surface area contributed by atoms with Crippen LogP contribution < -0.4 is 5.06 Å². The first kappa shape index (κ1) is 12.7. The van der Waals surface area contributed by atoms with Crippen LogP contribution in [0.2, 0.25) is 0 Å². The summed E-state index contributed by atoms with van der Waals surface area (Å²) >= 11 is 0. The molecule has 1 unspecified atom stereocenters. The molecule has 1 atom stereocenters. The molecule has 0 spiro atoms. The predicted octanol–water partition coefficient (Wildman–Crippen LogP) is 3.96. The van der Waals surface area contributed by atoms with E-state index in [4.69, 9.17) is 0 Å². The molecule has 1 fully saturated rings. The largest absolute Gasteiger partial charge is 0.281 e. The Bertz CT molecular complexity index is 492. The van der Waals surface area contributed by atoms with Gasteiger partial charge in [-0.1, -0.05) is 38.3 Å². The maximum absolute atomic E-state index is 12.0. The molecule has 1 heterocycles. The summed E-state index contributed by atoms with van der Waals surface area (Å²) in [4.78, 5) is 12.0. The average Bonchev–Trinajstić information content (AvgIpc) is 2.71. The van der Waals surface area contributed by atoms with Crippen molar-refractivity contribution in [1.29, 1.82) is 0 Å². The normalized spacial score (nSPS) is 23.8. The van der Waals surface area contributed by atoms with Gasteiger partial charge >= 0.3 is 0 Å². The van der Waals surface area contributed by atoms with Crippen LogP contribution in [-0.4, -0.2) is 11.1 Å². The van der Waals surface area contributed by atoms with Crippen LogP contribution in [0.4, 0.5) is 5.69 Å². The summed E-state index contributed by atoms with van der Waals surface area (Å²) in [6.07, 6.45) is 7.13. The minimum absolute atomic E-state index is 0.166. The van der Waals surface area contributed by atoms with Gasteiger partial charge < -0.3 is 0 Å². The number of anilines is 1. The van der Waals surface area contributed by atoms with Crippen LogP contribution in [0, 0.1) is 0 Å². The summed E-state index contributed by atoms with van der Waals surface area (Å²) in [6, 6.07) is 6.23. The van der Waals surface area contributed by atoms with E-state index in [2.05, 4.69) is 6.07 Å². The molecule has 0 radical (unpaired) electrons. The Morgan fingerprint density at radius 1 is 1.26 bits per heavy atom. The highest BCUT2D eigenvalue weighted by Crippen LogP contribution is 2.41. The van der Waals surface area contributed by atoms with Crippen LogP contribution in [-0.2, 0) is 4.79 Å². The third kappa shape index (κ3) is 2.06. The summed E-state index contributed by atoms with van der Waals surface area (Å²) in [5.41, 5.74) is 2.97. The molecule has 0 saturated heterocycles. The van der Waals surface area contributed by atoms with E-state index in [0.29, 0.717) is 11.6 Å². The van der Waals surface area contributed by atoms with Gasteiger partial charge in [-0.3, -0.25) is 10.0 Å². The van der Waals surface area contributed by atoms with Gasteiger partial charge in [0.25, 0.3) is 5.91 Å². The summed E-state index contributed by atoms with van der Waals surface area (Å²) in [5, 5.41) is 10.8. The molecule has 1 aliphatic heterocycles. The monoisotopic (exact) mass is 259 g/mol. The molecule has 2 aliphatic rings. The Kier molecular flexibility index (Phi) is 3.31. The lowest BCUT2D eigenvalue weighted by molar-refractivity contribution is -0.124. The Balaban J connectivity index is 1.94. The average molecular weight is 259 g/mol. The molecular formula is C16H21NO2. The molecule has 3 heteroatoms. The summed E-state index contributed by atoms with van der Waals surface area (Å²) in [5.74, 6) is 0.252. The van der Waals surface area contributed by atoms with Crippen LogP contribution in [0.1, 0.15) is 68.4 Å². The molecule has 1 aromatic carbocycles. The molecule has 1 saturated carbocycles. The quantitative estimate of drug-likeness (QED) is 0.816. The number of benzene rings is 1. The van der Waals surface area contributed by atoms with E-state index in [0.717, 1.165) is 17.0 Å². The zero-order valence-corrected chi connectivity index (χ0v) is 11.4. The van der Waals surface area contributed by atoms with Crippen molar-refractivity contribution in [3.05, 3.63) is 29.3 Å². The zero-order chi connectivity index (χ0) is 13.4. The zero-order valence-electron chi connectivity index (χ0n) is 11.4. The summed E-state index contributed by atoms with van der Waals surface area (Å²) < 4.78 is 0. The molecule has 1 aliphatic carbocycles. The van der Waals surface area contributed by atoms with Crippen molar-refractivity contribution in [2.75, 3.05) is 5.06 Å². The highest BCUT2D eigenvalue weighted by Gasteiger charge is 2.36. The van der Waals surface area contributed by atoms with Crippen LogP contribution in [0.5, 0.6) is 0 Å². The third-order valence-electron chi connectivity index (χ3n) is 4.65. The maximum Gasteiger partial charge on any atom is 0.258 e. The van der Waals surface area contributed by atoms with Gasteiger partial charge in [-0.2, -0.15) is 5.06 Å². The molecule has 19 heavy (non-hydrogen) atoms. The van der Waals surface area contributed by atoms with E-state index in [1.807, 2.05) is 19.1 Å². The number of rotatable bonds is 2. The highest BCUT2D eigenvalue weighted by molar-refractivity contribution is 6.03. The van der Waals surface area contributed by atoms with Gasteiger partial charge in [0.1, 0.15) is 0 Å². The van der Waals surface area contributed by atoms with Gasteiger partial charge in [-0.25, -0.2) is 0 Å². The van der Waals surface area contributed by atoms with Gasteiger partial charge in [0.2, 0.25) is 0 Å². The number of hydrogen-bond acceptors (Lipinski definition) is 2. The number of hydroxylamine groups is 1. The van der Waals surface area contributed by atoms with Crippen molar-refractivity contribution in [2.45, 2.75) is 57.3 Å². The third-order valence-corrected chi connectivity index (χ3v) is 4.65. The van der Waals surface area contributed by atoms with E-state index < -0.39 is 0 Å². The molecule has 1 aromatic rings. The number of hydrogen-bond donors (Lipinski definition) is 1. The lowest BCUT2D eigenvalue weighted by Crippen LogP contribution is -2.24. The molecule has 102 valence electrons. The number of fused-ring (bicyclic) bond motifs is 1. The molecule has 0 bridgehead atoms.